The highest BCUT2D eigenvalue weighted by atomic mass is 32.2. The van der Waals surface area contributed by atoms with Gasteiger partial charge in [-0.25, -0.2) is 13.2 Å². The number of aryl methyl sites for hydroxylation is 3. The molecule has 0 bridgehead atoms. The molecule has 44 heavy (non-hydrogen) atoms. The molecule has 0 aliphatic heterocycles. The summed E-state index contributed by atoms with van der Waals surface area (Å²) >= 11 is 0. The maximum absolute atomic E-state index is 12.8. The van der Waals surface area contributed by atoms with Crippen LogP contribution in [0.5, 0.6) is 17.2 Å². The molecule has 0 spiro atoms. The first-order valence-electron chi connectivity index (χ1n) is 14.6. The molecule has 12 heteroatoms. The maximum Gasteiger partial charge on any atom is 0.404 e. The molecule has 1 aliphatic carbocycles. The minimum atomic E-state index is -3.59. The summed E-state index contributed by atoms with van der Waals surface area (Å²) in [5.74, 6) is 1.19. The van der Waals surface area contributed by atoms with E-state index >= 15 is 0 Å². The molecule has 1 saturated carbocycles. The topological polar surface area (TPSA) is 156 Å². The van der Waals surface area contributed by atoms with Gasteiger partial charge in [-0.3, -0.25) is 9.52 Å². The van der Waals surface area contributed by atoms with E-state index in [2.05, 4.69) is 10.0 Å². The normalized spacial score (nSPS) is 17.2. The van der Waals surface area contributed by atoms with Gasteiger partial charge >= 0.3 is 6.09 Å². The predicted octanol–water partition coefficient (Wildman–Crippen LogP) is 5.41. The number of aliphatic hydroxyl groups is 1. The molecule has 11 nitrogen and oxygen atoms in total. The lowest BCUT2D eigenvalue weighted by molar-refractivity contribution is 0.0784. The van der Waals surface area contributed by atoms with Gasteiger partial charge in [-0.05, 0) is 107 Å². The van der Waals surface area contributed by atoms with Gasteiger partial charge in [0.05, 0.1) is 17.5 Å². The smallest absolute Gasteiger partial charge is 0.404 e. The Labute approximate surface area is 257 Å². The molecule has 3 aromatic rings. The fraction of sp³-hybridized carbons (Fsp3) is 0.438. The number of anilines is 1. The molecule has 238 valence electrons. The first-order chi connectivity index (χ1) is 20.6. The number of hydrogen-bond acceptors (Lipinski definition) is 7. The number of benzene rings is 2. The molecule has 1 amide bonds. The second-order valence-electron chi connectivity index (χ2n) is 11.9. The molecule has 1 heterocycles. The molecule has 1 fully saturated rings. The van der Waals surface area contributed by atoms with Crippen molar-refractivity contribution in [1.82, 2.24) is 9.88 Å². The Morgan fingerprint density at radius 3 is 2.23 bits per heavy atom. The average molecular weight is 628 g/mol. The fourth-order valence-electron chi connectivity index (χ4n) is 5.31. The van der Waals surface area contributed by atoms with Crippen LogP contribution in [-0.4, -0.2) is 47.2 Å². The van der Waals surface area contributed by atoms with E-state index in [0.29, 0.717) is 59.7 Å². The Kier molecular flexibility index (Phi) is 9.65. The van der Waals surface area contributed by atoms with Crippen molar-refractivity contribution >= 4 is 21.8 Å². The van der Waals surface area contributed by atoms with Gasteiger partial charge in [-0.2, -0.15) is 0 Å². The van der Waals surface area contributed by atoms with Crippen LogP contribution in [0.1, 0.15) is 63.1 Å². The van der Waals surface area contributed by atoms with Gasteiger partial charge in [0, 0.05) is 42.2 Å². The summed E-state index contributed by atoms with van der Waals surface area (Å²) in [6, 6.07) is 9.90. The molecule has 4 rings (SSSR count). The average Bonchev–Trinajstić information content (AvgIpc) is 2.93. The second-order valence-corrected chi connectivity index (χ2v) is 13.9. The molecule has 4 N–H and O–H groups in total. The molecule has 1 aliphatic rings. The van der Waals surface area contributed by atoms with Crippen LogP contribution in [-0.2, 0) is 22.7 Å². The highest BCUT2D eigenvalue weighted by Gasteiger charge is 2.26. The van der Waals surface area contributed by atoms with Crippen LogP contribution < -0.4 is 25.1 Å². The lowest BCUT2D eigenvalue weighted by atomic mass is 9.93. The molecule has 2 aromatic carbocycles. The van der Waals surface area contributed by atoms with Gasteiger partial charge in [-0.15, -0.1) is 0 Å². The van der Waals surface area contributed by atoms with Crippen LogP contribution in [0.25, 0.3) is 11.1 Å². The Bertz CT molecular complexity index is 1680. The standard InChI is InChI=1S/C32H41N3O8S/c1-7-44(40,41)34-23-10-13-27(43-30-19(2)14-21(15-20(30)3)32(4,5)39)25(16-23)26-18-35(6)29(36)17-28(26)42-24-11-8-22(9-12-24)33-31(37)38/h10,13-18,22,24,33-34,39H,7-9,11-12H2,1-6H3,(H,37,38)/t22-,24-. The number of ether oxygens (including phenoxy) is 2. The third-order valence-corrected chi connectivity index (χ3v) is 9.09. The highest BCUT2D eigenvalue weighted by Crippen LogP contribution is 2.42. The molecule has 1 aromatic heterocycles. The summed E-state index contributed by atoms with van der Waals surface area (Å²) in [6.45, 7) is 8.75. The molecular formula is C32H41N3O8S. The van der Waals surface area contributed by atoms with E-state index in [1.165, 1.54) is 10.6 Å². The maximum atomic E-state index is 12.8. The van der Waals surface area contributed by atoms with E-state index in [1.54, 1.807) is 52.2 Å². The Balaban J connectivity index is 1.79. The highest BCUT2D eigenvalue weighted by molar-refractivity contribution is 7.92. The van der Waals surface area contributed by atoms with Gasteiger partial charge in [0.15, 0.2) is 0 Å². The van der Waals surface area contributed by atoms with Crippen molar-refractivity contribution in [2.75, 3.05) is 10.5 Å². The Hall–Kier alpha value is -4.03. The van der Waals surface area contributed by atoms with Gasteiger partial charge in [0.1, 0.15) is 17.2 Å². The summed E-state index contributed by atoms with van der Waals surface area (Å²) in [5, 5.41) is 22.1. The largest absolute Gasteiger partial charge is 0.490 e. The SMILES string of the molecule is CCS(=O)(=O)Nc1ccc(Oc2c(C)cc(C(C)(C)O)cc2C)c(-c2cn(C)c(=O)cc2O[C@H]2CC[C@H](NC(=O)O)CC2)c1. The monoisotopic (exact) mass is 627 g/mol. The van der Waals surface area contributed by atoms with Crippen LogP contribution in [0.15, 0.2) is 47.4 Å². The minimum absolute atomic E-state index is 0.111. The second kappa shape index (κ2) is 12.9. The Morgan fingerprint density at radius 2 is 1.66 bits per heavy atom. The van der Waals surface area contributed by atoms with Crippen molar-refractivity contribution in [3.8, 4) is 28.4 Å². The van der Waals surface area contributed by atoms with Crippen LogP contribution in [0.4, 0.5) is 10.5 Å². The summed E-state index contributed by atoms with van der Waals surface area (Å²) in [7, 11) is -1.97. The molecular weight excluding hydrogens is 586 g/mol. The number of carbonyl (C=O) groups is 1. The van der Waals surface area contributed by atoms with E-state index in [-0.39, 0.29) is 23.5 Å². The summed E-state index contributed by atoms with van der Waals surface area (Å²) in [6.07, 6.45) is 2.69. The van der Waals surface area contributed by atoms with E-state index in [9.17, 15) is 23.1 Å². The van der Waals surface area contributed by atoms with E-state index in [1.807, 2.05) is 26.0 Å². The van der Waals surface area contributed by atoms with Gasteiger partial charge < -0.3 is 29.6 Å². The van der Waals surface area contributed by atoms with Gasteiger partial charge in [0.2, 0.25) is 10.0 Å². The molecule has 0 atom stereocenters. The summed E-state index contributed by atoms with van der Waals surface area (Å²) in [5.41, 5.74) is 2.35. The third kappa shape index (κ3) is 7.92. The molecule has 0 unspecified atom stereocenters. The predicted molar refractivity (Wildman–Crippen MR) is 169 cm³/mol. The number of carboxylic acid groups (broad SMARTS) is 1. The van der Waals surface area contributed by atoms with Crippen molar-refractivity contribution in [2.24, 2.45) is 7.05 Å². The molecule has 0 saturated heterocycles. The number of sulfonamides is 1. The van der Waals surface area contributed by atoms with Crippen molar-refractivity contribution in [1.29, 1.82) is 0 Å². The number of nitrogens with one attached hydrogen (secondary N) is 2. The number of hydrogen-bond donors (Lipinski definition) is 4. The van der Waals surface area contributed by atoms with Gasteiger partial charge in [-0.1, -0.05) is 0 Å². The lowest BCUT2D eigenvalue weighted by Crippen LogP contribution is -2.39. The zero-order valence-corrected chi connectivity index (χ0v) is 26.7. The van der Waals surface area contributed by atoms with E-state index in [4.69, 9.17) is 14.6 Å². The number of amides is 1. The van der Waals surface area contributed by atoms with E-state index in [0.717, 1.165) is 16.7 Å². The quantitative estimate of drug-likeness (QED) is 0.233. The van der Waals surface area contributed by atoms with Crippen LogP contribution in [0.3, 0.4) is 0 Å². The first kappa shape index (κ1) is 32.9. The Morgan fingerprint density at radius 1 is 1.02 bits per heavy atom. The lowest BCUT2D eigenvalue weighted by Gasteiger charge is -2.29. The summed E-state index contributed by atoms with van der Waals surface area (Å²) in [4.78, 5) is 23.8. The van der Waals surface area contributed by atoms with Crippen LogP contribution >= 0.6 is 0 Å². The number of aromatic nitrogens is 1. The first-order valence-corrected chi connectivity index (χ1v) is 16.2. The number of rotatable bonds is 10. The number of nitrogens with zero attached hydrogens (tertiary/aromatic N) is 1. The van der Waals surface area contributed by atoms with Gasteiger partial charge in [0.25, 0.3) is 5.56 Å². The fourth-order valence-corrected chi connectivity index (χ4v) is 5.94. The zero-order valence-electron chi connectivity index (χ0n) is 25.9. The molecule has 0 radical (unpaired) electrons. The summed E-state index contributed by atoms with van der Waals surface area (Å²) < 4.78 is 41.8. The number of pyridine rings is 1. The minimum Gasteiger partial charge on any atom is -0.490 e. The van der Waals surface area contributed by atoms with Crippen molar-refractivity contribution in [3.05, 3.63) is 69.6 Å². The van der Waals surface area contributed by atoms with Crippen LogP contribution in [0.2, 0.25) is 0 Å². The van der Waals surface area contributed by atoms with Crippen molar-refractivity contribution in [2.45, 2.75) is 78.0 Å². The van der Waals surface area contributed by atoms with Crippen molar-refractivity contribution < 1.29 is 32.9 Å². The van der Waals surface area contributed by atoms with Crippen molar-refractivity contribution in [3.63, 3.8) is 0 Å². The zero-order chi connectivity index (χ0) is 32.4. The van der Waals surface area contributed by atoms with Crippen LogP contribution in [0, 0.1) is 13.8 Å². The third-order valence-electron chi connectivity index (χ3n) is 7.79. The van der Waals surface area contributed by atoms with E-state index < -0.39 is 21.7 Å².